The molecular formula is C14H16N2O2. The first kappa shape index (κ1) is 12.4. The topological polar surface area (TPSA) is 55.1 Å². The molecule has 0 saturated carbocycles. The fourth-order valence-electron chi connectivity index (χ4n) is 2.20. The van der Waals surface area contributed by atoms with Crippen molar-refractivity contribution in [2.45, 2.75) is 27.2 Å². The molecule has 2 aromatic rings. The van der Waals surface area contributed by atoms with Gasteiger partial charge in [-0.05, 0) is 31.9 Å². The van der Waals surface area contributed by atoms with E-state index >= 15 is 0 Å². The van der Waals surface area contributed by atoms with Gasteiger partial charge in [0, 0.05) is 0 Å². The summed E-state index contributed by atoms with van der Waals surface area (Å²) in [5, 5.41) is 8.98. The van der Waals surface area contributed by atoms with Crippen molar-refractivity contribution in [3.8, 4) is 5.69 Å². The zero-order valence-electron chi connectivity index (χ0n) is 10.8. The van der Waals surface area contributed by atoms with E-state index in [1.807, 2.05) is 43.5 Å². The molecule has 1 heterocycles. The molecule has 0 amide bonds. The molecule has 1 aromatic carbocycles. The fraction of sp³-hybridized carbons (Fsp3) is 0.286. The molecule has 0 saturated heterocycles. The average Bonchev–Trinajstić information content (AvgIpc) is 2.61. The summed E-state index contributed by atoms with van der Waals surface area (Å²) in [5.41, 5.74) is 4.74. The third-order valence-electron chi connectivity index (χ3n) is 3.07. The Bertz CT molecular complexity index is 580. The lowest BCUT2D eigenvalue weighted by atomic mass is 10.1. The number of aryl methyl sites for hydroxylation is 3. The van der Waals surface area contributed by atoms with Crippen LogP contribution in [-0.4, -0.2) is 20.6 Å². The van der Waals surface area contributed by atoms with Crippen molar-refractivity contribution < 1.29 is 9.90 Å². The van der Waals surface area contributed by atoms with E-state index in [0.717, 1.165) is 28.2 Å². The third kappa shape index (κ3) is 2.14. The molecule has 0 aliphatic rings. The van der Waals surface area contributed by atoms with Gasteiger partial charge in [0.05, 0.1) is 29.8 Å². The first-order chi connectivity index (χ1) is 8.50. The van der Waals surface area contributed by atoms with Crippen LogP contribution in [0.1, 0.15) is 22.5 Å². The zero-order valence-corrected chi connectivity index (χ0v) is 10.8. The van der Waals surface area contributed by atoms with Gasteiger partial charge in [-0.25, -0.2) is 4.98 Å². The predicted octanol–water partition coefficient (Wildman–Crippen LogP) is 2.42. The molecule has 4 heteroatoms. The maximum Gasteiger partial charge on any atom is 0.309 e. The van der Waals surface area contributed by atoms with Crippen molar-refractivity contribution >= 4 is 5.97 Å². The van der Waals surface area contributed by atoms with E-state index in [1.165, 1.54) is 0 Å². The number of aromatic nitrogens is 2. The number of para-hydroxylation sites is 1. The van der Waals surface area contributed by atoms with Gasteiger partial charge in [-0.15, -0.1) is 0 Å². The molecule has 0 atom stereocenters. The number of rotatable bonds is 3. The quantitative estimate of drug-likeness (QED) is 0.902. The van der Waals surface area contributed by atoms with E-state index in [4.69, 9.17) is 5.11 Å². The zero-order chi connectivity index (χ0) is 13.3. The summed E-state index contributed by atoms with van der Waals surface area (Å²) >= 11 is 0. The van der Waals surface area contributed by atoms with E-state index in [0.29, 0.717) is 0 Å². The minimum atomic E-state index is -0.842. The number of aliphatic carboxylic acids is 1. The molecule has 2 rings (SSSR count). The largest absolute Gasteiger partial charge is 0.481 e. The number of carboxylic acid groups (broad SMARTS) is 1. The number of benzene rings is 1. The highest BCUT2D eigenvalue weighted by Gasteiger charge is 2.14. The van der Waals surface area contributed by atoms with Gasteiger partial charge in [-0.2, -0.15) is 0 Å². The lowest BCUT2D eigenvalue weighted by Gasteiger charge is -2.13. The van der Waals surface area contributed by atoms with Crippen molar-refractivity contribution in [2.24, 2.45) is 0 Å². The fourth-order valence-corrected chi connectivity index (χ4v) is 2.20. The maximum absolute atomic E-state index is 10.9. The van der Waals surface area contributed by atoms with Crippen LogP contribution in [0.4, 0.5) is 0 Å². The second-order valence-corrected chi connectivity index (χ2v) is 4.46. The van der Waals surface area contributed by atoms with Crippen LogP contribution in [0.2, 0.25) is 0 Å². The van der Waals surface area contributed by atoms with E-state index in [-0.39, 0.29) is 6.42 Å². The summed E-state index contributed by atoms with van der Waals surface area (Å²) < 4.78 is 1.88. The van der Waals surface area contributed by atoms with Crippen LogP contribution in [0.5, 0.6) is 0 Å². The minimum Gasteiger partial charge on any atom is -0.481 e. The molecular weight excluding hydrogens is 228 g/mol. The standard InChI is InChI=1S/C14H16N2O2/c1-9-5-4-6-10(2)14(9)16-8-15-11(3)12(16)7-13(17)18/h4-6,8H,7H2,1-3H3,(H,17,18). The van der Waals surface area contributed by atoms with Gasteiger partial charge in [0.15, 0.2) is 0 Å². The van der Waals surface area contributed by atoms with Crippen molar-refractivity contribution in [3.05, 3.63) is 47.0 Å². The van der Waals surface area contributed by atoms with Crippen LogP contribution >= 0.6 is 0 Å². The van der Waals surface area contributed by atoms with Crippen LogP contribution in [-0.2, 0) is 11.2 Å². The Labute approximate surface area is 106 Å². The number of imidazole rings is 1. The number of hydrogen-bond acceptors (Lipinski definition) is 2. The summed E-state index contributed by atoms with van der Waals surface area (Å²) in [6.45, 7) is 5.87. The smallest absolute Gasteiger partial charge is 0.309 e. The van der Waals surface area contributed by atoms with Crippen LogP contribution in [0.15, 0.2) is 24.5 Å². The van der Waals surface area contributed by atoms with Gasteiger partial charge in [0.25, 0.3) is 0 Å². The van der Waals surface area contributed by atoms with Crippen LogP contribution in [0, 0.1) is 20.8 Å². The first-order valence-electron chi connectivity index (χ1n) is 5.82. The lowest BCUT2D eigenvalue weighted by Crippen LogP contribution is -2.09. The van der Waals surface area contributed by atoms with E-state index in [9.17, 15) is 4.79 Å². The second kappa shape index (κ2) is 4.64. The van der Waals surface area contributed by atoms with Gasteiger partial charge in [0.1, 0.15) is 0 Å². The van der Waals surface area contributed by atoms with Crippen molar-refractivity contribution in [1.29, 1.82) is 0 Å². The Kier molecular flexibility index (Phi) is 3.19. The molecule has 0 aliphatic carbocycles. The molecule has 0 fully saturated rings. The maximum atomic E-state index is 10.9. The van der Waals surface area contributed by atoms with Gasteiger partial charge >= 0.3 is 5.97 Å². The van der Waals surface area contributed by atoms with Crippen molar-refractivity contribution in [1.82, 2.24) is 9.55 Å². The Morgan fingerprint density at radius 3 is 2.44 bits per heavy atom. The van der Waals surface area contributed by atoms with Crippen molar-refractivity contribution in [2.75, 3.05) is 0 Å². The van der Waals surface area contributed by atoms with Gasteiger partial charge in [0.2, 0.25) is 0 Å². The van der Waals surface area contributed by atoms with Crippen molar-refractivity contribution in [3.63, 3.8) is 0 Å². The van der Waals surface area contributed by atoms with E-state index < -0.39 is 5.97 Å². The summed E-state index contributed by atoms with van der Waals surface area (Å²) in [6, 6.07) is 6.03. The molecule has 94 valence electrons. The predicted molar refractivity (Wildman–Crippen MR) is 69.1 cm³/mol. The number of nitrogens with zero attached hydrogens (tertiary/aromatic N) is 2. The SMILES string of the molecule is Cc1cccc(C)c1-n1cnc(C)c1CC(=O)O. The molecule has 18 heavy (non-hydrogen) atoms. The lowest BCUT2D eigenvalue weighted by molar-refractivity contribution is -0.136. The molecule has 0 aliphatic heterocycles. The normalized spacial score (nSPS) is 10.6. The number of hydrogen-bond donors (Lipinski definition) is 1. The number of carbonyl (C=O) groups is 1. The van der Waals surface area contributed by atoms with Gasteiger partial charge in [-0.3, -0.25) is 4.79 Å². The van der Waals surface area contributed by atoms with Crippen LogP contribution < -0.4 is 0 Å². The highest BCUT2D eigenvalue weighted by molar-refractivity contribution is 5.70. The molecule has 0 spiro atoms. The highest BCUT2D eigenvalue weighted by atomic mass is 16.4. The second-order valence-electron chi connectivity index (χ2n) is 4.46. The Balaban J connectivity index is 2.61. The third-order valence-corrected chi connectivity index (χ3v) is 3.07. The van der Waals surface area contributed by atoms with Crippen LogP contribution in [0.3, 0.4) is 0 Å². The minimum absolute atomic E-state index is 0.0143. The Hall–Kier alpha value is -2.10. The molecule has 1 N–H and O–H groups in total. The molecule has 0 bridgehead atoms. The first-order valence-corrected chi connectivity index (χ1v) is 5.82. The average molecular weight is 244 g/mol. The molecule has 4 nitrogen and oxygen atoms in total. The molecule has 0 radical (unpaired) electrons. The van der Waals surface area contributed by atoms with Gasteiger partial charge in [-0.1, -0.05) is 18.2 Å². The monoisotopic (exact) mass is 244 g/mol. The molecule has 1 aromatic heterocycles. The molecule has 0 unspecified atom stereocenters. The Morgan fingerprint density at radius 2 is 1.89 bits per heavy atom. The van der Waals surface area contributed by atoms with Gasteiger partial charge < -0.3 is 9.67 Å². The summed E-state index contributed by atoms with van der Waals surface area (Å²) in [5.74, 6) is -0.842. The summed E-state index contributed by atoms with van der Waals surface area (Å²) in [4.78, 5) is 15.2. The summed E-state index contributed by atoms with van der Waals surface area (Å²) in [7, 11) is 0. The van der Waals surface area contributed by atoms with E-state index in [1.54, 1.807) is 6.33 Å². The summed E-state index contributed by atoms with van der Waals surface area (Å²) in [6.07, 6.45) is 1.68. The number of carboxylic acids is 1. The highest BCUT2D eigenvalue weighted by Crippen LogP contribution is 2.22. The van der Waals surface area contributed by atoms with Crippen LogP contribution in [0.25, 0.3) is 5.69 Å². The van der Waals surface area contributed by atoms with E-state index in [2.05, 4.69) is 4.98 Å². The Morgan fingerprint density at radius 1 is 1.28 bits per heavy atom.